The topological polar surface area (TPSA) is 40.6 Å². The second kappa shape index (κ2) is 8.87. The van der Waals surface area contributed by atoms with E-state index >= 15 is 0 Å². The first kappa shape index (κ1) is 17.8. The maximum Gasteiger partial charge on any atom is 0.225 e. The number of hydrogen-bond acceptors (Lipinski definition) is 2. The van der Waals surface area contributed by atoms with Crippen molar-refractivity contribution in [1.82, 2.24) is 9.80 Å². The van der Waals surface area contributed by atoms with E-state index in [1.165, 1.54) is 38.5 Å². The minimum Gasteiger partial charge on any atom is -0.343 e. The van der Waals surface area contributed by atoms with Gasteiger partial charge in [0.15, 0.2) is 0 Å². The second-order valence-corrected chi connectivity index (χ2v) is 8.08. The molecule has 0 spiro atoms. The summed E-state index contributed by atoms with van der Waals surface area (Å²) in [7, 11) is 0. The van der Waals surface area contributed by atoms with E-state index in [9.17, 15) is 9.59 Å². The molecular formula is C20H34N2O2. The molecule has 4 heteroatoms. The van der Waals surface area contributed by atoms with Crippen LogP contribution in [0.25, 0.3) is 0 Å². The van der Waals surface area contributed by atoms with Gasteiger partial charge in [0, 0.05) is 38.5 Å². The lowest BCUT2D eigenvalue weighted by Crippen LogP contribution is -2.44. The first-order valence-electron chi connectivity index (χ1n) is 10.3. The Bertz CT molecular complexity index is 415. The van der Waals surface area contributed by atoms with E-state index in [1.54, 1.807) is 0 Å². The van der Waals surface area contributed by atoms with Gasteiger partial charge in [0.1, 0.15) is 0 Å². The van der Waals surface area contributed by atoms with Crippen LogP contribution in [0.3, 0.4) is 0 Å². The van der Waals surface area contributed by atoms with Crippen molar-refractivity contribution in [1.29, 1.82) is 0 Å². The van der Waals surface area contributed by atoms with Crippen LogP contribution in [0.4, 0.5) is 0 Å². The minimum absolute atomic E-state index is 0.155. The van der Waals surface area contributed by atoms with Crippen LogP contribution in [-0.4, -0.2) is 47.8 Å². The highest BCUT2D eigenvalue weighted by molar-refractivity contribution is 5.80. The maximum atomic E-state index is 12.7. The third-order valence-corrected chi connectivity index (χ3v) is 6.36. The van der Waals surface area contributed by atoms with Crippen molar-refractivity contribution in [2.24, 2.45) is 11.8 Å². The van der Waals surface area contributed by atoms with Crippen molar-refractivity contribution in [2.75, 3.05) is 26.2 Å². The number of nitrogens with zero attached hydrogens (tertiary/aromatic N) is 2. The fraction of sp³-hybridized carbons (Fsp3) is 0.900. The summed E-state index contributed by atoms with van der Waals surface area (Å²) in [5.74, 6) is 1.62. The zero-order valence-electron chi connectivity index (χ0n) is 15.2. The smallest absolute Gasteiger partial charge is 0.225 e. The summed E-state index contributed by atoms with van der Waals surface area (Å²) in [6.45, 7) is 3.46. The summed E-state index contributed by atoms with van der Waals surface area (Å²) < 4.78 is 0. The van der Waals surface area contributed by atoms with Crippen molar-refractivity contribution in [2.45, 2.75) is 77.0 Å². The van der Waals surface area contributed by atoms with E-state index in [4.69, 9.17) is 0 Å². The van der Waals surface area contributed by atoms with Crippen LogP contribution in [0, 0.1) is 11.8 Å². The summed E-state index contributed by atoms with van der Waals surface area (Å²) in [5, 5.41) is 0. The third-order valence-electron chi connectivity index (χ3n) is 6.36. The number of rotatable bonds is 4. The zero-order chi connectivity index (χ0) is 16.8. The van der Waals surface area contributed by atoms with Gasteiger partial charge in [0.25, 0.3) is 0 Å². The summed E-state index contributed by atoms with van der Waals surface area (Å²) in [6, 6.07) is 0. The normalized spacial score (nSPS) is 24.2. The molecule has 0 aromatic heterocycles. The van der Waals surface area contributed by atoms with Gasteiger partial charge in [-0.05, 0) is 38.0 Å². The van der Waals surface area contributed by atoms with E-state index in [0.29, 0.717) is 11.8 Å². The van der Waals surface area contributed by atoms with E-state index in [-0.39, 0.29) is 5.92 Å². The molecule has 0 N–H and O–H groups in total. The van der Waals surface area contributed by atoms with Crippen molar-refractivity contribution >= 4 is 11.8 Å². The molecule has 0 radical (unpaired) electrons. The monoisotopic (exact) mass is 334 g/mol. The lowest BCUT2D eigenvalue weighted by molar-refractivity contribution is -0.140. The van der Waals surface area contributed by atoms with Gasteiger partial charge in [-0.25, -0.2) is 0 Å². The summed E-state index contributed by atoms with van der Waals surface area (Å²) in [6.07, 6.45) is 13.7. The Morgan fingerprint density at radius 2 is 1.33 bits per heavy atom. The average Bonchev–Trinajstić information content (AvgIpc) is 2.99. The lowest BCUT2D eigenvalue weighted by Gasteiger charge is -2.34. The number of carbonyl (C=O) groups excluding carboxylic acids is 2. The quantitative estimate of drug-likeness (QED) is 0.788. The molecule has 3 aliphatic rings. The number of carbonyl (C=O) groups is 2. The molecule has 0 aromatic carbocycles. The molecule has 2 heterocycles. The fourth-order valence-corrected chi connectivity index (χ4v) is 4.71. The number of likely N-dealkylation sites (tertiary alicyclic amines) is 2. The first-order valence-corrected chi connectivity index (χ1v) is 10.3. The van der Waals surface area contributed by atoms with Crippen LogP contribution in [-0.2, 0) is 9.59 Å². The first-order chi connectivity index (χ1) is 11.7. The van der Waals surface area contributed by atoms with Gasteiger partial charge in [-0.3, -0.25) is 9.59 Å². The Morgan fingerprint density at radius 1 is 0.708 bits per heavy atom. The van der Waals surface area contributed by atoms with Gasteiger partial charge in [-0.2, -0.15) is 0 Å². The molecule has 0 aromatic rings. The Hall–Kier alpha value is -1.06. The predicted molar refractivity (Wildman–Crippen MR) is 95.5 cm³/mol. The largest absolute Gasteiger partial charge is 0.343 e. The van der Waals surface area contributed by atoms with Crippen molar-refractivity contribution < 1.29 is 9.59 Å². The lowest BCUT2D eigenvalue weighted by atomic mass is 9.94. The molecule has 0 unspecified atom stereocenters. The number of piperidine rings is 1. The molecule has 2 aliphatic heterocycles. The van der Waals surface area contributed by atoms with Crippen molar-refractivity contribution in [3.8, 4) is 0 Å². The van der Waals surface area contributed by atoms with Crippen LogP contribution in [0.2, 0.25) is 0 Å². The average molecular weight is 335 g/mol. The van der Waals surface area contributed by atoms with Gasteiger partial charge in [0.2, 0.25) is 11.8 Å². The molecule has 2 amide bonds. The van der Waals surface area contributed by atoms with Gasteiger partial charge in [-0.15, -0.1) is 0 Å². The highest BCUT2D eigenvalue weighted by atomic mass is 16.2. The standard InChI is InChI=1S/C20H34N2O2/c23-19(10-9-17-7-3-4-8-17)21-15-11-18(12-16-21)20(24)22-13-5-1-2-6-14-22/h17-18H,1-16H2. The minimum atomic E-state index is 0.155. The summed E-state index contributed by atoms with van der Waals surface area (Å²) in [4.78, 5) is 29.2. The molecule has 3 fully saturated rings. The molecular weight excluding hydrogens is 300 g/mol. The van der Waals surface area contributed by atoms with E-state index in [0.717, 1.165) is 70.6 Å². The molecule has 0 bridgehead atoms. The van der Waals surface area contributed by atoms with Crippen LogP contribution < -0.4 is 0 Å². The van der Waals surface area contributed by atoms with E-state index in [2.05, 4.69) is 4.90 Å². The van der Waals surface area contributed by atoms with Gasteiger partial charge in [-0.1, -0.05) is 38.5 Å². The molecule has 3 rings (SSSR count). The SMILES string of the molecule is O=C(CCC1CCCC1)N1CCC(C(=O)N2CCCCCC2)CC1. The number of amides is 2. The highest BCUT2D eigenvalue weighted by Crippen LogP contribution is 2.29. The maximum absolute atomic E-state index is 12.7. The predicted octanol–water partition coefficient (Wildman–Crippen LogP) is 3.60. The zero-order valence-corrected chi connectivity index (χ0v) is 15.2. The van der Waals surface area contributed by atoms with Gasteiger partial charge < -0.3 is 9.80 Å². The van der Waals surface area contributed by atoms with Crippen LogP contribution in [0.15, 0.2) is 0 Å². The third kappa shape index (κ3) is 4.73. The van der Waals surface area contributed by atoms with Crippen LogP contribution in [0.5, 0.6) is 0 Å². The molecule has 1 saturated carbocycles. The molecule has 4 nitrogen and oxygen atoms in total. The molecule has 1 aliphatic carbocycles. The van der Waals surface area contributed by atoms with Crippen LogP contribution in [0.1, 0.15) is 77.0 Å². The molecule has 2 saturated heterocycles. The fourth-order valence-electron chi connectivity index (χ4n) is 4.71. The van der Waals surface area contributed by atoms with E-state index < -0.39 is 0 Å². The Morgan fingerprint density at radius 3 is 1.96 bits per heavy atom. The Kier molecular flexibility index (Phi) is 6.56. The molecule has 136 valence electrons. The second-order valence-electron chi connectivity index (χ2n) is 8.08. The Balaban J connectivity index is 1.39. The Labute approximate surface area is 146 Å². The molecule has 0 atom stereocenters. The van der Waals surface area contributed by atoms with Crippen LogP contribution >= 0.6 is 0 Å². The van der Waals surface area contributed by atoms with Gasteiger partial charge >= 0.3 is 0 Å². The number of hydrogen-bond donors (Lipinski definition) is 0. The highest BCUT2D eigenvalue weighted by Gasteiger charge is 2.30. The molecule has 24 heavy (non-hydrogen) atoms. The summed E-state index contributed by atoms with van der Waals surface area (Å²) in [5.41, 5.74) is 0. The van der Waals surface area contributed by atoms with E-state index in [1.807, 2.05) is 4.90 Å². The van der Waals surface area contributed by atoms with Crippen molar-refractivity contribution in [3.05, 3.63) is 0 Å². The van der Waals surface area contributed by atoms with Gasteiger partial charge in [0.05, 0.1) is 0 Å². The summed E-state index contributed by atoms with van der Waals surface area (Å²) >= 11 is 0. The van der Waals surface area contributed by atoms with Crippen molar-refractivity contribution in [3.63, 3.8) is 0 Å².